The van der Waals surface area contributed by atoms with Crippen LogP contribution in [0.3, 0.4) is 0 Å². The Kier molecular flexibility index (Phi) is 3.60. The Bertz CT molecular complexity index is 471. The Balaban J connectivity index is 2.23. The first-order chi connectivity index (χ1) is 7.40. The van der Waals surface area contributed by atoms with Crippen molar-refractivity contribution in [1.82, 2.24) is 0 Å². The molecule has 0 aliphatic heterocycles. The molecule has 1 heteroatoms. The molecule has 2 aromatic rings. The fourth-order valence-electron chi connectivity index (χ4n) is 1.50. The van der Waals surface area contributed by atoms with Crippen LogP contribution in [-0.4, -0.2) is 15.0 Å². The van der Waals surface area contributed by atoms with E-state index < -0.39 is 0 Å². The third-order valence-electron chi connectivity index (χ3n) is 2.30. The van der Waals surface area contributed by atoms with E-state index in [9.17, 15) is 0 Å². The summed E-state index contributed by atoms with van der Waals surface area (Å²) in [5.74, 6) is 0. The fourth-order valence-corrected chi connectivity index (χ4v) is 3.29. The first kappa shape index (κ1) is 10.5. The predicted molar refractivity (Wildman–Crippen MR) is 69.0 cm³/mol. The van der Waals surface area contributed by atoms with Crippen LogP contribution < -0.4 is 4.46 Å². The van der Waals surface area contributed by atoms with Crippen molar-refractivity contribution in [3.8, 4) is 0 Å². The first-order valence-corrected chi connectivity index (χ1v) is 7.19. The third-order valence-corrected chi connectivity index (χ3v) is 4.29. The van der Waals surface area contributed by atoms with Gasteiger partial charge in [0.1, 0.15) is 0 Å². The molecule has 0 saturated carbocycles. The molecule has 0 spiro atoms. The molecule has 0 unspecified atom stereocenters. The van der Waals surface area contributed by atoms with E-state index in [-0.39, 0.29) is 0 Å². The second kappa shape index (κ2) is 5.16. The molecule has 0 atom stereocenters. The van der Waals surface area contributed by atoms with Crippen LogP contribution >= 0.6 is 0 Å². The quantitative estimate of drug-likeness (QED) is 0.588. The van der Waals surface area contributed by atoms with Gasteiger partial charge in [0.15, 0.2) is 0 Å². The van der Waals surface area contributed by atoms with Gasteiger partial charge in [-0.3, -0.25) is 0 Å². The Morgan fingerprint density at radius 2 is 1.87 bits per heavy atom. The van der Waals surface area contributed by atoms with Crippen LogP contribution in [0.25, 0.3) is 10.8 Å². The van der Waals surface area contributed by atoms with Gasteiger partial charge in [0.25, 0.3) is 0 Å². The van der Waals surface area contributed by atoms with E-state index in [1.807, 2.05) is 0 Å². The van der Waals surface area contributed by atoms with Crippen molar-refractivity contribution in [2.45, 2.75) is 12.2 Å². The molecule has 0 aliphatic carbocycles. The van der Waals surface area contributed by atoms with Gasteiger partial charge in [-0.1, -0.05) is 0 Å². The normalized spacial score (nSPS) is 11.3. The molecule has 15 heavy (non-hydrogen) atoms. The van der Waals surface area contributed by atoms with E-state index in [1.165, 1.54) is 20.6 Å². The van der Waals surface area contributed by atoms with Crippen LogP contribution in [0.4, 0.5) is 0 Å². The van der Waals surface area contributed by atoms with Crippen molar-refractivity contribution in [1.29, 1.82) is 0 Å². The van der Waals surface area contributed by atoms with E-state index in [1.54, 1.807) is 0 Å². The van der Waals surface area contributed by atoms with Crippen LogP contribution in [0.5, 0.6) is 0 Å². The SMILES string of the molecule is C/C=C/C[Se]c1ccc2ccccc2c1. The maximum absolute atomic E-state index is 2.32. The second-order valence-electron chi connectivity index (χ2n) is 3.39. The van der Waals surface area contributed by atoms with Gasteiger partial charge in [-0.15, -0.1) is 0 Å². The summed E-state index contributed by atoms with van der Waals surface area (Å²) in [6.07, 6.45) is 4.37. The zero-order valence-corrected chi connectivity index (χ0v) is 10.5. The average molecular weight is 261 g/mol. The average Bonchev–Trinajstić information content (AvgIpc) is 2.29. The molecule has 0 heterocycles. The number of allylic oxidation sites excluding steroid dienone is 2. The topological polar surface area (TPSA) is 0 Å². The van der Waals surface area contributed by atoms with Crippen LogP contribution in [-0.2, 0) is 0 Å². The van der Waals surface area contributed by atoms with Crippen molar-refractivity contribution in [2.24, 2.45) is 0 Å². The van der Waals surface area contributed by atoms with Crippen molar-refractivity contribution in [2.75, 3.05) is 0 Å². The molecule has 0 saturated heterocycles. The minimum atomic E-state index is 0.580. The van der Waals surface area contributed by atoms with Crippen molar-refractivity contribution in [3.63, 3.8) is 0 Å². The van der Waals surface area contributed by atoms with Gasteiger partial charge in [0.05, 0.1) is 0 Å². The van der Waals surface area contributed by atoms with Gasteiger partial charge in [0.2, 0.25) is 0 Å². The molecular formula is C14H14Se. The molecule has 0 nitrogen and oxygen atoms in total. The summed E-state index contributed by atoms with van der Waals surface area (Å²) in [6, 6.07) is 15.3. The van der Waals surface area contributed by atoms with E-state index >= 15 is 0 Å². The van der Waals surface area contributed by atoms with Crippen LogP contribution in [0.1, 0.15) is 6.92 Å². The molecule has 0 bridgehead atoms. The Morgan fingerprint density at radius 1 is 1.07 bits per heavy atom. The molecule has 0 fully saturated rings. The van der Waals surface area contributed by atoms with E-state index in [0.717, 1.165) is 0 Å². The summed E-state index contributed by atoms with van der Waals surface area (Å²) in [5.41, 5.74) is 0. The molecular weight excluding hydrogens is 247 g/mol. The summed E-state index contributed by atoms with van der Waals surface area (Å²) in [7, 11) is 0. The van der Waals surface area contributed by atoms with Gasteiger partial charge in [-0.25, -0.2) is 0 Å². The van der Waals surface area contributed by atoms with Crippen molar-refractivity contribution >= 4 is 30.2 Å². The van der Waals surface area contributed by atoms with Crippen molar-refractivity contribution < 1.29 is 0 Å². The Hall–Kier alpha value is -1.04. The fraction of sp³-hybridized carbons (Fsp3) is 0.143. The van der Waals surface area contributed by atoms with E-state index in [0.29, 0.717) is 15.0 Å². The molecule has 0 radical (unpaired) electrons. The first-order valence-electron chi connectivity index (χ1n) is 5.13. The number of benzene rings is 2. The molecule has 0 aliphatic rings. The second-order valence-corrected chi connectivity index (χ2v) is 5.68. The molecule has 0 N–H and O–H groups in total. The minimum absolute atomic E-state index is 0.580. The summed E-state index contributed by atoms with van der Waals surface area (Å²) < 4.78 is 1.49. The van der Waals surface area contributed by atoms with Gasteiger partial charge in [-0.05, 0) is 0 Å². The van der Waals surface area contributed by atoms with E-state index in [4.69, 9.17) is 0 Å². The van der Waals surface area contributed by atoms with Gasteiger partial charge >= 0.3 is 97.1 Å². The molecule has 0 amide bonds. The summed E-state index contributed by atoms with van der Waals surface area (Å²) in [6.45, 7) is 2.08. The maximum atomic E-state index is 2.32. The Morgan fingerprint density at radius 3 is 2.67 bits per heavy atom. The van der Waals surface area contributed by atoms with Gasteiger partial charge < -0.3 is 0 Å². The van der Waals surface area contributed by atoms with Crippen molar-refractivity contribution in [3.05, 3.63) is 54.6 Å². The number of fused-ring (bicyclic) bond motifs is 1. The van der Waals surface area contributed by atoms with Gasteiger partial charge in [-0.2, -0.15) is 0 Å². The number of rotatable bonds is 3. The molecule has 0 aromatic heterocycles. The zero-order chi connectivity index (χ0) is 10.5. The van der Waals surface area contributed by atoms with Crippen LogP contribution in [0.15, 0.2) is 54.6 Å². The summed E-state index contributed by atoms with van der Waals surface area (Å²) in [5, 5.41) is 3.89. The summed E-state index contributed by atoms with van der Waals surface area (Å²) >= 11 is 0.580. The summed E-state index contributed by atoms with van der Waals surface area (Å²) in [4.78, 5) is 0. The Labute approximate surface area is 97.2 Å². The molecule has 2 rings (SSSR count). The van der Waals surface area contributed by atoms with Crippen LogP contribution in [0.2, 0.25) is 5.32 Å². The monoisotopic (exact) mass is 262 g/mol. The zero-order valence-electron chi connectivity index (χ0n) is 8.81. The number of hydrogen-bond donors (Lipinski definition) is 0. The molecule has 2 aromatic carbocycles. The van der Waals surface area contributed by atoms with Crippen LogP contribution in [0, 0.1) is 0 Å². The van der Waals surface area contributed by atoms with E-state index in [2.05, 4.69) is 61.5 Å². The molecule has 76 valence electrons. The predicted octanol–water partition coefficient (Wildman–Crippen LogP) is 3.16. The number of hydrogen-bond acceptors (Lipinski definition) is 0. The van der Waals surface area contributed by atoms with Gasteiger partial charge in [0, 0.05) is 0 Å². The standard InChI is InChI=1S/C14H14Se/c1-2-3-10-15-14-9-8-12-6-4-5-7-13(12)11-14/h2-9,11H,10H2,1H3/b3-2+. The third kappa shape index (κ3) is 2.71.